The molecule has 112 valence electrons. The number of rotatable bonds is 4. The third-order valence-electron chi connectivity index (χ3n) is 3.74. The zero-order valence-corrected chi connectivity index (χ0v) is 12.9. The molecule has 21 heavy (non-hydrogen) atoms. The smallest absolute Gasteiger partial charge is 0.231 e. The summed E-state index contributed by atoms with van der Waals surface area (Å²) < 4.78 is 14.8. The number of amides is 1. The van der Waals surface area contributed by atoms with Crippen LogP contribution in [-0.2, 0) is 18.3 Å². The number of hydrogen-bond donors (Lipinski definition) is 0. The summed E-state index contributed by atoms with van der Waals surface area (Å²) in [6.07, 6.45) is 0.302. The zero-order valence-electron chi connectivity index (χ0n) is 12.9. The van der Waals surface area contributed by atoms with E-state index in [4.69, 9.17) is 0 Å². The Hall–Kier alpha value is -2.17. The first-order valence-corrected chi connectivity index (χ1v) is 6.99. The largest absolute Gasteiger partial charge is 0.312 e. The van der Waals surface area contributed by atoms with Gasteiger partial charge in [-0.05, 0) is 45.0 Å². The van der Waals surface area contributed by atoms with Crippen molar-refractivity contribution in [2.45, 2.75) is 27.2 Å². The fraction of sp³-hybridized carbons (Fsp3) is 0.375. The van der Waals surface area contributed by atoms with Crippen molar-refractivity contribution in [2.75, 3.05) is 11.4 Å². The highest BCUT2D eigenvalue weighted by Crippen LogP contribution is 2.18. The number of hydrogen-bond acceptors (Lipinski definition) is 2. The van der Waals surface area contributed by atoms with Crippen molar-refractivity contribution in [3.8, 4) is 0 Å². The molecule has 0 saturated heterocycles. The summed E-state index contributed by atoms with van der Waals surface area (Å²) in [6.45, 7) is 6.31. The summed E-state index contributed by atoms with van der Waals surface area (Å²) in [7, 11) is 1.87. The minimum absolute atomic E-state index is 0.0108. The molecule has 1 aromatic heterocycles. The molecule has 0 spiro atoms. The second kappa shape index (κ2) is 6.08. The Kier molecular flexibility index (Phi) is 4.40. The van der Waals surface area contributed by atoms with E-state index >= 15 is 0 Å². The molecule has 0 saturated carbocycles. The standard InChI is InChI=1S/C16H20FN3O/c1-5-20(14-8-6-13(17)7-9-14)16(21)10-15-11(2)18-19(4)12(15)3/h6-9H,5,10H2,1-4H3. The van der Waals surface area contributed by atoms with Crippen LogP contribution < -0.4 is 4.90 Å². The van der Waals surface area contributed by atoms with Gasteiger partial charge < -0.3 is 4.90 Å². The highest BCUT2D eigenvalue weighted by atomic mass is 19.1. The molecule has 4 nitrogen and oxygen atoms in total. The Morgan fingerprint density at radius 2 is 1.90 bits per heavy atom. The Bertz CT molecular complexity index is 646. The van der Waals surface area contributed by atoms with E-state index in [0.29, 0.717) is 18.7 Å². The first kappa shape index (κ1) is 15.2. The average Bonchev–Trinajstić information content (AvgIpc) is 2.68. The third-order valence-corrected chi connectivity index (χ3v) is 3.74. The first-order valence-electron chi connectivity index (χ1n) is 6.99. The molecule has 5 heteroatoms. The van der Waals surface area contributed by atoms with Crippen LogP contribution >= 0.6 is 0 Å². The first-order chi connectivity index (χ1) is 9.93. The number of halogens is 1. The van der Waals surface area contributed by atoms with Crippen LogP contribution in [0.4, 0.5) is 10.1 Å². The Labute approximate surface area is 124 Å². The van der Waals surface area contributed by atoms with Gasteiger partial charge in [0.05, 0.1) is 12.1 Å². The van der Waals surface area contributed by atoms with Crippen LogP contribution in [0, 0.1) is 19.7 Å². The molecule has 0 bridgehead atoms. The van der Waals surface area contributed by atoms with Gasteiger partial charge in [-0.25, -0.2) is 4.39 Å². The summed E-state index contributed by atoms with van der Waals surface area (Å²) >= 11 is 0. The lowest BCUT2D eigenvalue weighted by Gasteiger charge is -2.21. The number of benzene rings is 1. The minimum atomic E-state index is -0.304. The maximum absolute atomic E-state index is 13.0. The molecule has 1 aromatic carbocycles. The highest BCUT2D eigenvalue weighted by Gasteiger charge is 2.18. The van der Waals surface area contributed by atoms with Crippen LogP contribution in [-0.4, -0.2) is 22.2 Å². The monoisotopic (exact) mass is 289 g/mol. The molecule has 0 aliphatic carbocycles. The van der Waals surface area contributed by atoms with Crippen molar-refractivity contribution in [3.63, 3.8) is 0 Å². The predicted octanol–water partition coefficient (Wildman–Crippen LogP) is 2.77. The summed E-state index contributed by atoms with van der Waals surface area (Å²) in [5.74, 6) is -0.315. The summed E-state index contributed by atoms with van der Waals surface area (Å²) in [5.41, 5.74) is 3.54. The van der Waals surface area contributed by atoms with Gasteiger partial charge in [-0.1, -0.05) is 0 Å². The number of aromatic nitrogens is 2. The van der Waals surface area contributed by atoms with Gasteiger partial charge in [0.1, 0.15) is 5.82 Å². The van der Waals surface area contributed by atoms with E-state index in [2.05, 4.69) is 5.10 Å². The molecule has 1 heterocycles. The zero-order chi connectivity index (χ0) is 15.6. The molecule has 0 aliphatic heterocycles. The third kappa shape index (κ3) is 3.12. The molecule has 2 rings (SSSR count). The van der Waals surface area contributed by atoms with Gasteiger partial charge in [0.25, 0.3) is 0 Å². The van der Waals surface area contributed by atoms with E-state index in [1.807, 2.05) is 27.8 Å². The SMILES string of the molecule is CCN(C(=O)Cc1c(C)nn(C)c1C)c1ccc(F)cc1. The van der Waals surface area contributed by atoms with E-state index in [1.165, 1.54) is 12.1 Å². The van der Waals surface area contributed by atoms with Crippen LogP contribution in [0.5, 0.6) is 0 Å². The lowest BCUT2D eigenvalue weighted by Crippen LogP contribution is -2.32. The van der Waals surface area contributed by atoms with Gasteiger partial charge in [-0.15, -0.1) is 0 Å². The van der Waals surface area contributed by atoms with Crippen LogP contribution in [0.1, 0.15) is 23.9 Å². The fourth-order valence-electron chi connectivity index (χ4n) is 2.44. The van der Waals surface area contributed by atoms with Crippen LogP contribution in [0.3, 0.4) is 0 Å². The fourth-order valence-corrected chi connectivity index (χ4v) is 2.44. The second-order valence-corrected chi connectivity index (χ2v) is 5.06. The molecule has 2 aromatic rings. The van der Waals surface area contributed by atoms with Crippen LogP contribution in [0.15, 0.2) is 24.3 Å². The molecule has 0 fully saturated rings. The van der Waals surface area contributed by atoms with E-state index in [0.717, 1.165) is 17.0 Å². The summed E-state index contributed by atoms with van der Waals surface area (Å²) in [6, 6.07) is 5.98. The Morgan fingerprint density at radius 1 is 1.29 bits per heavy atom. The molecular formula is C16H20FN3O. The lowest BCUT2D eigenvalue weighted by atomic mass is 10.1. The van der Waals surface area contributed by atoms with Crippen molar-refractivity contribution in [3.05, 3.63) is 47.0 Å². The van der Waals surface area contributed by atoms with Gasteiger partial charge >= 0.3 is 0 Å². The van der Waals surface area contributed by atoms with Gasteiger partial charge in [0, 0.05) is 30.5 Å². The maximum Gasteiger partial charge on any atom is 0.231 e. The summed E-state index contributed by atoms with van der Waals surface area (Å²) in [5, 5.41) is 4.33. The van der Waals surface area contributed by atoms with Crippen LogP contribution in [0.2, 0.25) is 0 Å². The van der Waals surface area contributed by atoms with Crippen molar-refractivity contribution < 1.29 is 9.18 Å². The van der Waals surface area contributed by atoms with Crippen molar-refractivity contribution in [1.82, 2.24) is 9.78 Å². The number of carbonyl (C=O) groups is 1. The Balaban J connectivity index is 2.23. The molecule has 0 N–H and O–H groups in total. The van der Waals surface area contributed by atoms with Gasteiger partial charge in [-0.2, -0.15) is 5.10 Å². The quantitative estimate of drug-likeness (QED) is 0.868. The molecule has 0 aliphatic rings. The lowest BCUT2D eigenvalue weighted by molar-refractivity contribution is -0.118. The molecule has 0 atom stereocenters. The predicted molar refractivity (Wildman–Crippen MR) is 80.8 cm³/mol. The van der Waals surface area contributed by atoms with Gasteiger partial charge in [0.15, 0.2) is 0 Å². The van der Waals surface area contributed by atoms with Crippen LogP contribution in [0.25, 0.3) is 0 Å². The van der Waals surface area contributed by atoms with Crippen molar-refractivity contribution in [2.24, 2.45) is 7.05 Å². The van der Waals surface area contributed by atoms with Gasteiger partial charge in [0.2, 0.25) is 5.91 Å². The van der Waals surface area contributed by atoms with E-state index < -0.39 is 0 Å². The number of nitrogens with zero attached hydrogens (tertiary/aromatic N) is 3. The number of aryl methyl sites for hydroxylation is 2. The van der Waals surface area contributed by atoms with Crippen molar-refractivity contribution in [1.29, 1.82) is 0 Å². The average molecular weight is 289 g/mol. The highest BCUT2D eigenvalue weighted by molar-refractivity contribution is 5.94. The van der Waals surface area contributed by atoms with E-state index in [1.54, 1.807) is 21.7 Å². The normalized spacial score (nSPS) is 10.7. The minimum Gasteiger partial charge on any atom is -0.312 e. The molecular weight excluding hydrogens is 269 g/mol. The van der Waals surface area contributed by atoms with Crippen molar-refractivity contribution >= 4 is 11.6 Å². The molecule has 0 unspecified atom stereocenters. The second-order valence-electron chi connectivity index (χ2n) is 5.06. The number of likely N-dealkylation sites (N-methyl/N-ethyl adjacent to an activating group) is 1. The van der Waals surface area contributed by atoms with Gasteiger partial charge in [-0.3, -0.25) is 9.48 Å². The number of carbonyl (C=O) groups excluding carboxylic acids is 1. The summed E-state index contributed by atoms with van der Waals surface area (Å²) in [4.78, 5) is 14.2. The Morgan fingerprint density at radius 3 is 2.38 bits per heavy atom. The van der Waals surface area contributed by atoms with E-state index in [-0.39, 0.29) is 11.7 Å². The maximum atomic E-state index is 13.0. The topological polar surface area (TPSA) is 38.1 Å². The molecule has 1 amide bonds. The van der Waals surface area contributed by atoms with E-state index in [9.17, 15) is 9.18 Å². The number of anilines is 1. The molecule has 0 radical (unpaired) electrons.